The van der Waals surface area contributed by atoms with Gasteiger partial charge in [-0.1, -0.05) is 35.5 Å². The highest BCUT2D eigenvalue weighted by molar-refractivity contribution is 7.73. The molecule has 0 fully saturated rings. The summed E-state index contributed by atoms with van der Waals surface area (Å²) in [6, 6.07) is 0. The van der Waals surface area contributed by atoms with Gasteiger partial charge in [-0.2, -0.15) is 8.42 Å². The maximum Gasteiger partial charge on any atom is 0.217 e. The molecule has 3 heteroatoms. The molecule has 0 saturated heterocycles. The first-order valence-corrected chi connectivity index (χ1v) is 7.16. The van der Waals surface area contributed by atoms with Crippen molar-refractivity contribution >= 4 is 15.2 Å². The van der Waals surface area contributed by atoms with Crippen LogP contribution in [0.4, 0.5) is 0 Å². The molecule has 2 aliphatic rings. The van der Waals surface area contributed by atoms with Crippen molar-refractivity contribution in [3.63, 3.8) is 0 Å². The Bertz CT molecular complexity index is 647. The normalized spacial score (nSPS) is 27.4. The van der Waals surface area contributed by atoms with Crippen LogP contribution in [0.15, 0.2) is 46.6 Å². The van der Waals surface area contributed by atoms with E-state index in [4.69, 9.17) is 0 Å². The quantitative estimate of drug-likeness (QED) is 0.680. The third-order valence-corrected chi connectivity index (χ3v) is 4.99. The average molecular weight is 262 g/mol. The van der Waals surface area contributed by atoms with Gasteiger partial charge in [0.1, 0.15) is 0 Å². The molecule has 0 saturated carbocycles. The largest absolute Gasteiger partial charge is 0.217 e. The monoisotopic (exact) mass is 262 g/mol. The average Bonchev–Trinajstić information content (AvgIpc) is 2.54. The van der Waals surface area contributed by atoms with Crippen molar-refractivity contribution in [1.82, 2.24) is 0 Å². The Labute approximate surface area is 110 Å². The Morgan fingerprint density at radius 2 is 1.89 bits per heavy atom. The van der Waals surface area contributed by atoms with Crippen molar-refractivity contribution in [3.8, 4) is 0 Å². The van der Waals surface area contributed by atoms with Gasteiger partial charge in [0, 0.05) is 11.8 Å². The van der Waals surface area contributed by atoms with Crippen LogP contribution in [0.5, 0.6) is 0 Å². The molecule has 96 valence electrons. The van der Waals surface area contributed by atoms with E-state index in [9.17, 15) is 8.42 Å². The molecule has 1 unspecified atom stereocenters. The van der Waals surface area contributed by atoms with Crippen LogP contribution in [0.3, 0.4) is 0 Å². The van der Waals surface area contributed by atoms with Crippen LogP contribution in [0.2, 0.25) is 0 Å². The summed E-state index contributed by atoms with van der Waals surface area (Å²) >= 11 is 0. The summed E-state index contributed by atoms with van der Waals surface area (Å²) in [7, 11) is -2.15. The fourth-order valence-electron chi connectivity index (χ4n) is 2.78. The van der Waals surface area contributed by atoms with E-state index in [1.54, 1.807) is 0 Å². The van der Waals surface area contributed by atoms with Gasteiger partial charge in [0.15, 0.2) is 0 Å². The maximum absolute atomic E-state index is 11.4. The number of allylic oxidation sites excluding steroid dienone is 8. The van der Waals surface area contributed by atoms with Gasteiger partial charge in [0.05, 0.1) is 4.86 Å². The second-order valence-electron chi connectivity index (χ2n) is 5.15. The van der Waals surface area contributed by atoms with Gasteiger partial charge in [-0.05, 0) is 38.8 Å². The van der Waals surface area contributed by atoms with E-state index in [2.05, 4.69) is 33.8 Å². The fourth-order valence-corrected chi connectivity index (χ4v) is 3.47. The molecule has 0 N–H and O–H groups in total. The Morgan fingerprint density at radius 3 is 2.39 bits per heavy atom. The molecular weight excluding hydrogens is 244 g/mol. The third kappa shape index (κ3) is 1.83. The second-order valence-corrected chi connectivity index (χ2v) is 6.11. The molecule has 2 rings (SSSR count). The number of rotatable bonds is 1. The summed E-state index contributed by atoms with van der Waals surface area (Å²) in [5.74, 6) is 0. The fraction of sp³-hybridized carbons (Fsp3) is 0.400. The maximum atomic E-state index is 11.4. The lowest BCUT2D eigenvalue weighted by Crippen LogP contribution is -2.24. The van der Waals surface area contributed by atoms with E-state index in [1.807, 2.05) is 18.2 Å². The summed E-state index contributed by atoms with van der Waals surface area (Å²) in [6.45, 7) is 8.36. The predicted octanol–water partition coefficient (Wildman–Crippen LogP) is 3.23. The Kier molecular flexibility index (Phi) is 3.20. The van der Waals surface area contributed by atoms with Crippen LogP contribution >= 0.6 is 0 Å². The molecule has 0 radical (unpaired) electrons. The lowest BCUT2D eigenvalue weighted by molar-refractivity contribution is 0.623. The van der Waals surface area contributed by atoms with Gasteiger partial charge >= 0.3 is 0 Å². The van der Waals surface area contributed by atoms with Gasteiger partial charge in [0.2, 0.25) is 10.3 Å². The molecule has 0 heterocycles. The Hall–Kier alpha value is -1.35. The second kappa shape index (κ2) is 4.39. The topological polar surface area (TPSA) is 34.1 Å². The molecule has 0 aromatic rings. The SMILES string of the molecule is CC1=CC(C)(C2=CC=CCC2=S(=O)=O)C(C)=C1C. The van der Waals surface area contributed by atoms with E-state index in [0.29, 0.717) is 11.3 Å². The van der Waals surface area contributed by atoms with Crippen LogP contribution < -0.4 is 0 Å². The van der Waals surface area contributed by atoms with Crippen LogP contribution in [-0.2, 0) is 10.3 Å². The van der Waals surface area contributed by atoms with Crippen molar-refractivity contribution in [2.24, 2.45) is 5.41 Å². The summed E-state index contributed by atoms with van der Waals surface area (Å²) in [5.41, 5.74) is 4.37. The van der Waals surface area contributed by atoms with E-state index >= 15 is 0 Å². The lowest BCUT2D eigenvalue weighted by atomic mass is 9.74. The highest BCUT2D eigenvalue weighted by atomic mass is 32.2. The van der Waals surface area contributed by atoms with Crippen molar-refractivity contribution in [1.29, 1.82) is 0 Å². The predicted molar refractivity (Wildman–Crippen MR) is 76.0 cm³/mol. The zero-order valence-electron chi connectivity index (χ0n) is 11.2. The van der Waals surface area contributed by atoms with Gasteiger partial charge in [-0.3, -0.25) is 0 Å². The Morgan fingerprint density at radius 1 is 1.22 bits per heavy atom. The van der Waals surface area contributed by atoms with Crippen LogP contribution in [0, 0.1) is 5.41 Å². The van der Waals surface area contributed by atoms with Gasteiger partial charge in [-0.15, -0.1) is 0 Å². The molecule has 0 aromatic heterocycles. The molecule has 1 atom stereocenters. The molecule has 0 aromatic carbocycles. The Balaban J connectivity index is 2.67. The van der Waals surface area contributed by atoms with Crippen molar-refractivity contribution in [2.75, 3.05) is 0 Å². The van der Waals surface area contributed by atoms with Crippen LogP contribution in [0.25, 0.3) is 0 Å². The molecule has 18 heavy (non-hydrogen) atoms. The minimum absolute atomic E-state index is 0.283. The molecule has 2 aliphatic carbocycles. The van der Waals surface area contributed by atoms with Crippen molar-refractivity contribution in [3.05, 3.63) is 46.6 Å². The minimum Gasteiger partial charge on any atom is -0.184 e. The van der Waals surface area contributed by atoms with Crippen LogP contribution in [-0.4, -0.2) is 13.3 Å². The molecule has 0 amide bonds. The molecular formula is C15H18O2S. The first-order chi connectivity index (χ1) is 8.38. The van der Waals surface area contributed by atoms with Crippen LogP contribution in [0.1, 0.15) is 34.1 Å². The summed E-state index contributed by atoms with van der Waals surface area (Å²) in [4.78, 5) is 0.512. The number of hydrogen-bond donors (Lipinski definition) is 0. The van der Waals surface area contributed by atoms with Crippen molar-refractivity contribution < 1.29 is 8.42 Å². The summed E-state index contributed by atoms with van der Waals surface area (Å²) in [6.07, 6.45) is 8.43. The molecule has 2 nitrogen and oxygen atoms in total. The first kappa shape index (κ1) is 13.1. The standard InChI is InChI=1S/C15H18O2S/c1-10-9-15(4,12(3)11(10)2)13-7-5-6-8-14(13)18(16)17/h5-7,9H,8H2,1-4H3. The van der Waals surface area contributed by atoms with Gasteiger partial charge in [0.25, 0.3) is 0 Å². The molecule has 0 bridgehead atoms. The lowest BCUT2D eigenvalue weighted by Gasteiger charge is -2.29. The highest BCUT2D eigenvalue weighted by Crippen LogP contribution is 2.46. The third-order valence-electron chi connectivity index (χ3n) is 4.20. The smallest absolute Gasteiger partial charge is 0.184 e. The summed E-state index contributed by atoms with van der Waals surface area (Å²) < 4.78 is 22.8. The number of hydrogen-bond acceptors (Lipinski definition) is 2. The molecule has 0 aliphatic heterocycles. The highest BCUT2D eigenvalue weighted by Gasteiger charge is 2.36. The van der Waals surface area contributed by atoms with E-state index in [0.717, 1.165) is 5.57 Å². The van der Waals surface area contributed by atoms with E-state index in [-0.39, 0.29) is 5.41 Å². The van der Waals surface area contributed by atoms with Crippen molar-refractivity contribution in [2.45, 2.75) is 34.1 Å². The minimum atomic E-state index is -2.15. The zero-order chi connectivity index (χ0) is 13.5. The van der Waals surface area contributed by atoms with Gasteiger partial charge in [-0.25, -0.2) is 0 Å². The zero-order valence-corrected chi connectivity index (χ0v) is 12.1. The summed E-state index contributed by atoms with van der Waals surface area (Å²) in [5, 5.41) is 0. The van der Waals surface area contributed by atoms with Gasteiger partial charge < -0.3 is 0 Å². The first-order valence-electron chi connectivity index (χ1n) is 6.08. The van der Waals surface area contributed by atoms with E-state index in [1.165, 1.54) is 16.7 Å². The molecule has 0 spiro atoms. The van der Waals surface area contributed by atoms with E-state index < -0.39 is 10.3 Å².